The second-order valence-corrected chi connectivity index (χ2v) is 7.29. The van der Waals surface area contributed by atoms with Crippen molar-refractivity contribution in [2.24, 2.45) is 11.3 Å². The summed E-state index contributed by atoms with van der Waals surface area (Å²) in [4.78, 5) is 2.42. The summed E-state index contributed by atoms with van der Waals surface area (Å²) in [6.07, 6.45) is 5.61. The van der Waals surface area contributed by atoms with Gasteiger partial charge >= 0.3 is 0 Å². The highest BCUT2D eigenvalue weighted by Gasteiger charge is 2.41. The van der Waals surface area contributed by atoms with Crippen LogP contribution in [-0.4, -0.2) is 47.8 Å². The lowest BCUT2D eigenvalue weighted by molar-refractivity contribution is 0.0315. The van der Waals surface area contributed by atoms with Crippen LogP contribution in [-0.2, 0) is 0 Å². The molecule has 0 aliphatic heterocycles. The van der Waals surface area contributed by atoms with Gasteiger partial charge in [-0.05, 0) is 56.6 Å². The zero-order chi connectivity index (χ0) is 13.1. The Balaban J connectivity index is 2.39. The van der Waals surface area contributed by atoms with Crippen LogP contribution in [0.15, 0.2) is 0 Å². The lowest BCUT2D eigenvalue weighted by Crippen LogP contribution is -2.38. The van der Waals surface area contributed by atoms with E-state index >= 15 is 0 Å². The third-order valence-electron chi connectivity index (χ3n) is 4.42. The molecule has 0 aromatic heterocycles. The second kappa shape index (κ2) is 6.44. The Kier molecular flexibility index (Phi) is 5.81. The zero-order valence-electron chi connectivity index (χ0n) is 12.1. The van der Waals surface area contributed by atoms with E-state index in [9.17, 15) is 5.11 Å². The van der Waals surface area contributed by atoms with Crippen LogP contribution in [0.2, 0.25) is 0 Å². The third kappa shape index (κ3) is 4.15. The summed E-state index contributed by atoms with van der Waals surface area (Å²) in [5.41, 5.74) is 0.119. The van der Waals surface area contributed by atoms with Gasteiger partial charge in [0, 0.05) is 12.6 Å². The van der Waals surface area contributed by atoms with Gasteiger partial charge in [-0.2, -0.15) is 11.8 Å². The molecule has 1 N–H and O–H groups in total. The van der Waals surface area contributed by atoms with E-state index in [4.69, 9.17) is 0 Å². The normalized spacial score (nSPS) is 29.8. The first kappa shape index (κ1) is 15.3. The molecule has 0 amide bonds. The molecule has 3 atom stereocenters. The SMILES string of the molecule is CSCCC(C)N(C)CC1CCC(C)(C)C1O. The average molecular weight is 259 g/mol. The summed E-state index contributed by atoms with van der Waals surface area (Å²) >= 11 is 1.91. The largest absolute Gasteiger partial charge is 0.392 e. The molecule has 0 radical (unpaired) electrons. The molecule has 1 aliphatic rings. The van der Waals surface area contributed by atoms with Gasteiger partial charge in [0.05, 0.1) is 6.10 Å². The highest BCUT2D eigenvalue weighted by molar-refractivity contribution is 7.98. The number of rotatable bonds is 6. The molecule has 17 heavy (non-hydrogen) atoms. The molecule has 0 aromatic rings. The van der Waals surface area contributed by atoms with Crippen LogP contribution in [0.1, 0.15) is 40.0 Å². The number of hydrogen-bond acceptors (Lipinski definition) is 3. The van der Waals surface area contributed by atoms with Crippen molar-refractivity contribution in [2.75, 3.05) is 25.6 Å². The maximum absolute atomic E-state index is 10.3. The molecule has 2 nitrogen and oxygen atoms in total. The molecule has 102 valence electrons. The van der Waals surface area contributed by atoms with Crippen molar-refractivity contribution in [3.8, 4) is 0 Å². The minimum absolute atomic E-state index is 0.119. The van der Waals surface area contributed by atoms with E-state index in [1.807, 2.05) is 11.8 Å². The highest BCUT2D eigenvalue weighted by atomic mass is 32.2. The van der Waals surface area contributed by atoms with Crippen molar-refractivity contribution in [1.29, 1.82) is 0 Å². The summed E-state index contributed by atoms with van der Waals surface area (Å²) in [5.74, 6) is 1.69. The van der Waals surface area contributed by atoms with Crippen LogP contribution in [0, 0.1) is 11.3 Å². The number of hydrogen-bond donors (Lipinski definition) is 1. The molecule has 1 fully saturated rings. The third-order valence-corrected chi connectivity index (χ3v) is 5.07. The maximum Gasteiger partial charge on any atom is 0.0631 e. The van der Waals surface area contributed by atoms with Gasteiger partial charge < -0.3 is 10.0 Å². The van der Waals surface area contributed by atoms with E-state index in [1.54, 1.807) is 0 Å². The van der Waals surface area contributed by atoms with Gasteiger partial charge in [0.15, 0.2) is 0 Å². The maximum atomic E-state index is 10.3. The second-order valence-electron chi connectivity index (χ2n) is 6.30. The Labute approximate surface area is 111 Å². The fourth-order valence-electron chi connectivity index (χ4n) is 2.75. The molecular formula is C14H29NOS. The van der Waals surface area contributed by atoms with E-state index in [2.05, 4.69) is 39.0 Å². The van der Waals surface area contributed by atoms with Crippen molar-refractivity contribution >= 4 is 11.8 Å². The first-order chi connectivity index (χ1) is 7.88. The van der Waals surface area contributed by atoms with Gasteiger partial charge in [-0.3, -0.25) is 0 Å². The fraction of sp³-hybridized carbons (Fsp3) is 1.00. The number of thioether (sulfide) groups is 1. The summed E-state index contributed by atoms with van der Waals surface area (Å²) in [7, 11) is 2.20. The lowest BCUT2D eigenvalue weighted by atomic mass is 9.87. The van der Waals surface area contributed by atoms with Crippen LogP contribution in [0.25, 0.3) is 0 Å². The van der Waals surface area contributed by atoms with Crippen LogP contribution in [0.4, 0.5) is 0 Å². The van der Waals surface area contributed by atoms with Crippen molar-refractivity contribution in [2.45, 2.75) is 52.2 Å². The van der Waals surface area contributed by atoms with Gasteiger partial charge in [0.1, 0.15) is 0 Å². The van der Waals surface area contributed by atoms with E-state index in [1.165, 1.54) is 18.6 Å². The molecule has 3 heteroatoms. The van der Waals surface area contributed by atoms with Crippen molar-refractivity contribution in [3.05, 3.63) is 0 Å². The zero-order valence-corrected chi connectivity index (χ0v) is 12.9. The van der Waals surface area contributed by atoms with Crippen LogP contribution in [0.5, 0.6) is 0 Å². The standard InChI is InChI=1S/C14H29NOS/c1-11(7-9-17-5)15(4)10-12-6-8-14(2,3)13(12)16/h11-13,16H,6-10H2,1-5H3. The molecule has 1 saturated carbocycles. The van der Waals surface area contributed by atoms with Gasteiger partial charge in [-0.15, -0.1) is 0 Å². The summed E-state index contributed by atoms with van der Waals surface area (Å²) in [6, 6.07) is 0.623. The Morgan fingerprint density at radius 3 is 2.59 bits per heavy atom. The first-order valence-electron chi connectivity index (χ1n) is 6.75. The minimum atomic E-state index is -0.127. The molecule has 0 spiro atoms. The average Bonchev–Trinajstić information content (AvgIpc) is 2.53. The van der Waals surface area contributed by atoms with Gasteiger partial charge in [0.25, 0.3) is 0 Å². The lowest BCUT2D eigenvalue weighted by Gasteiger charge is -2.31. The Morgan fingerprint density at radius 2 is 2.12 bits per heavy atom. The topological polar surface area (TPSA) is 23.5 Å². The van der Waals surface area contributed by atoms with E-state index in [-0.39, 0.29) is 11.5 Å². The van der Waals surface area contributed by atoms with Crippen molar-refractivity contribution in [1.82, 2.24) is 4.90 Å². The quantitative estimate of drug-likeness (QED) is 0.793. The van der Waals surface area contributed by atoms with E-state index in [0.717, 1.165) is 13.0 Å². The van der Waals surface area contributed by atoms with Gasteiger partial charge in [0.2, 0.25) is 0 Å². The van der Waals surface area contributed by atoms with Crippen LogP contribution in [0.3, 0.4) is 0 Å². The smallest absolute Gasteiger partial charge is 0.0631 e. The Bertz CT molecular complexity index is 232. The molecule has 0 aromatic carbocycles. The predicted molar refractivity (Wildman–Crippen MR) is 77.6 cm³/mol. The van der Waals surface area contributed by atoms with Crippen molar-refractivity contribution < 1.29 is 5.11 Å². The summed E-state index contributed by atoms with van der Waals surface area (Å²) < 4.78 is 0. The predicted octanol–water partition coefficient (Wildman–Crippen LogP) is 2.86. The summed E-state index contributed by atoms with van der Waals surface area (Å²) in [6.45, 7) is 7.71. The van der Waals surface area contributed by atoms with E-state index < -0.39 is 0 Å². The monoisotopic (exact) mass is 259 g/mol. The van der Waals surface area contributed by atoms with Crippen LogP contribution < -0.4 is 0 Å². The van der Waals surface area contributed by atoms with Gasteiger partial charge in [-0.25, -0.2) is 0 Å². The van der Waals surface area contributed by atoms with Crippen molar-refractivity contribution in [3.63, 3.8) is 0 Å². The number of nitrogens with zero attached hydrogens (tertiary/aromatic N) is 1. The Morgan fingerprint density at radius 1 is 1.47 bits per heavy atom. The summed E-state index contributed by atoms with van der Waals surface area (Å²) in [5, 5.41) is 10.3. The van der Waals surface area contributed by atoms with Gasteiger partial charge in [-0.1, -0.05) is 13.8 Å². The molecular weight excluding hydrogens is 230 g/mol. The minimum Gasteiger partial charge on any atom is -0.392 e. The highest BCUT2D eigenvalue weighted by Crippen LogP contribution is 2.41. The van der Waals surface area contributed by atoms with E-state index in [0.29, 0.717) is 12.0 Å². The molecule has 0 heterocycles. The fourth-order valence-corrected chi connectivity index (χ4v) is 3.33. The Hall–Kier alpha value is 0.270. The number of aliphatic hydroxyl groups is 1. The molecule has 0 saturated heterocycles. The molecule has 3 unspecified atom stereocenters. The molecule has 1 rings (SSSR count). The first-order valence-corrected chi connectivity index (χ1v) is 8.15. The number of aliphatic hydroxyl groups excluding tert-OH is 1. The molecule has 0 bridgehead atoms. The van der Waals surface area contributed by atoms with Crippen LogP contribution >= 0.6 is 11.8 Å². The molecule has 1 aliphatic carbocycles.